The molecule has 0 heterocycles. The van der Waals surface area contributed by atoms with E-state index in [0.717, 1.165) is 16.7 Å². The molecule has 0 saturated heterocycles. The lowest BCUT2D eigenvalue weighted by Gasteiger charge is -2.13. The number of hydrogen-bond donors (Lipinski definition) is 1. The summed E-state index contributed by atoms with van der Waals surface area (Å²) in [5.41, 5.74) is 2.95. The first kappa shape index (κ1) is 22.3. The fourth-order valence-corrected chi connectivity index (χ4v) is 3.44. The topological polar surface area (TPSA) is 47.6 Å². The van der Waals surface area contributed by atoms with Crippen molar-refractivity contribution in [2.75, 3.05) is 7.11 Å². The lowest BCUT2D eigenvalue weighted by molar-refractivity contribution is 0.0950. The summed E-state index contributed by atoms with van der Waals surface area (Å²) >= 11 is 18.1. The number of rotatable bonds is 7. The van der Waals surface area contributed by atoms with Gasteiger partial charge in [-0.25, -0.2) is 0 Å². The zero-order valence-corrected chi connectivity index (χ0v) is 18.7. The fourth-order valence-electron chi connectivity index (χ4n) is 2.84. The number of amides is 1. The summed E-state index contributed by atoms with van der Waals surface area (Å²) in [6, 6.07) is 15.8. The number of methoxy groups -OCH3 is 1. The Kier molecular flexibility index (Phi) is 7.48. The summed E-state index contributed by atoms with van der Waals surface area (Å²) in [6.45, 7) is 2.44. The molecule has 4 nitrogen and oxygen atoms in total. The van der Waals surface area contributed by atoms with Gasteiger partial charge in [-0.05, 0) is 66.6 Å². The summed E-state index contributed by atoms with van der Waals surface area (Å²) in [7, 11) is 1.58. The van der Waals surface area contributed by atoms with Crippen LogP contribution in [0.2, 0.25) is 15.1 Å². The van der Waals surface area contributed by atoms with E-state index in [1.165, 1.54) is 0 Å². The summed E-state index contributed by atoms with van der Waals surface area (Å²) < 4.78 is 11.3. The van der Waals surface area contributed by atoms with Gasteiger partial charge in [0.25, 0.3) is 5.91 Å². The van der Waals surface area contributed by atoms with Crippen molar-refractivity contribution in [1.29, 1.82) is 0 Å². The lowest BCUT2D eigenvalue weighted by atomic mass is 10.1. The van der Waals surface area contributed by atoms with Crippen molar-refractivity contribution < 1.29 is 14.3 Å². The van der Waals surface area contributed by atoms with Crippen molar-refractivity contribution in [1.82, 2.24) is 5.32 Å². The molecule has 0 bridgehead atoms. The molecule has 0 aliphatic carbocycles. The first-order chi connectivity index (χ1) is 14.4. The van der Waals surface area contributed by atoms with Crippen LogP contribution in [0.1, 0.15) is 27.0 Å². The van der Waals surface area contributed by atoms with Crippen LogP contribution in [-0.2, 0) is 13.2 Å². The van der Waals surface area contributed by atoms with Crippen LogP contribution in [0.25, 0.3) is 0 Å². The van der Waals surface area contributed by atoms with Gasteiger partial charge in [0.2, 0.25) is 0 Å². The van der Waals surface area contributed by atoms with Crippen molar-refractivity contribution in [2.24, 2.45) is 0 Å². The van der Waals surface area contributed by atoms with Crippen LogP contribution in [0.15, 0.2) is 54.6 Å². The van der Waals surface area contributed by atoms with Crippen LogP contribution < -0.4 is 14.8 Å². The summed E-state index contributed by atoms with van der Waals surface area (Å²) in [5, 5.41) is 4.60. The van der Waals surface area contributed by atoms with Crippen LogP contribution in [0.3, 0.4) is 0 Å². The molecule has 0 radical (unpaired) electrons. The maximum Gasteiger partial charge on any atom is 0.251 e. The van der Waals surface area contributed by atoms with Crippen molar-refractivity contribution in [2.45, 2.75) is 20.1 Å². The average Bonchev–Trinajstić information content (AvgIpc) is 2.73. The van der Waals surface area contributed by atoms with Gasteiger partial charge in [-0.15, -0.1) is 0 Å². The van der Waals surface area contributed by atoms with E-state index in [2.05, 4.69) is 5.32 Å². The second-order valence-corrected chi connectivity index (χ2v) is 7.90. The maximum atomic E-state index is 12.6. The van der Waals surface area contributed by atoms with Gasteiger partial charge in [-0.3, -0.25) is 4.79 Å². The van der Waals surface area contributed by atoms with Gasteiger partial charge in [0.1, 0.15) is 18.1 Å². The number of carbonyl (C=O) groups excluding carboxylic acids is 1. The molecule has 30 heavy (non-hydrogen) atoms. The lowest BCUT2D eigenvalue weighted by Crippen LogP contribution is -2.23. The normalized spacial score (nSPS) is 10.6. The molecule has 0 aliphatic heterocycles. The molecule has 3 rings (SSSR count). The number of carbonyl (C=O) groups is 1. The number of halogens is 3. The Bertz CT molecular complexity index is 1070. The number of nitrogens with one attached hydrogen (secondary N) is 1. The van der Waals surface area contributed by atoms with Gasteiger partial charge in [-0.2, -0.15) is 0 Å². The minimum Gasteiger partial charge on any atom is -0.496 e. The summed E-state index contributed by atoms with van der Waals surface area (Å²) in [5.74, 6) is 1.09. The largest absolute Gasteiger partial charge is 0.496 e. The van der Waals surface area contributed by atoms with E-state index in [-0.39, 0.29) is 19.1 Å². The predicted molar refractivity (Wildman–Crippen MR) is 121 cm³/mol. The number of benzene rings is 3. The third-order valence-electron chi connectivity index (χ3n) is 4.52. The molecule has 0 spiro atoms. The van der Waals surface area contributed by atoms with Gasteiger partial charge in [-0.1, -0.05) is 40.9 Å². The highest BCUT2D eigenvalue weighted by Crippen LogP contribution is 2.25. The first-order valence-corrected chi connectivity index (χ1v) is 10.3. The molecule has 1 amide bonds. The van der Waals surface area contributed by atoms with Crippen LogP contribution in [0.4, 0.5) is 0 Å². The molecule has 1 N–H and O–H groups in total. The van der Waals surface area contributed by atoms with Gasteiger partial charge >= 0.3 is 0 Å². The summed E-state index contributed by atoms with van der Waals surface area (Å²) in [6.07, 6.45) is 0. The molecule has 3 aromatic carbocycles. The number of aryl methyl sites for hydroxylation is 1. The minimum atomic E-state index is -0.229. The highest BCUT2D eigenvalue weighted by Gasteiger charge is 2.12. The van der Waals surface area contributed by atoms with Crippen molar-refractivity contribution >= 4 is 40.7 Å². The molecule has 7 heteroatoms. The van der Waals surface area contributed by atoms with E-state index >= 15 is 0 Å². The van der Waals surface area contributed by atoms with Crippen LogP contribution in [0.5, 0.6) is 11.5 Å². The highest BCUT2D eigenvalue weighted by molar-refractivity contribution is 6.35. The van der Waals surface area contributed by atoms with Crippen LogP contribution in [-0.4, -0.2) is 13.0 Å². The molecule has 0 saturated carbocycles. The highest BCUT2D eigenvalue weighted by atomic mass is 35.5. The Hall–Kier alpha value is -2.40. The van der Waals surface area contributed by atoms with Gasteiger partial charge in [0, 0.05) is 32.7 Å². The maximum absolute atomic E-state index is 12.6. The third-order valence-corrected chi connectivity index (χ3v) is 5.53. The molecule has 0 aliphatic rings. The van der Waals surface area contributed by atoms with Crippen molar-refractivity contribution in [3.8, 4) is 11.5 Å². The first-order valence-electron chi connectivity index (χ1n) is 9.15. The Balaban J connectivity index is 1.70. The van der Waals surface area contributed by atoms with E-state index in [1.54, 1.807) is 55.6 Å². The van der Waals surface area contributed by atoms with Crippen molar-refractivity contribution in [3.05, 3.63) is 91.9 Å². The average molecular weight is 465 g/mol. The Morgan fingerprint density at radius 3 is 2.43 bits per heavy atom. The Morgan fingerprint density at radius 2 is 1.73 bits per heavy atom. The van der Waals surface area contributed by atoms with Gasteiger partial charge in [0.05, 0.1) is 7.11 Å². The Morgan fingerprint density at radius 1 is 0.933 bits per heavy atom. The molecule has 0 atom stereocenters. The second kappa shape index (κ2) is 10.1. The van der Waals surface area contributed by atoms with Gasteiger partial charge < -0.3 is 14.8 Å². The van der Waals surface area contributed by atoms with E-state index < -0.39 is 0 Å². The molecular weight excluding hydrogens is 445 g/mol. The van der Waals surface area contributed by atoms with E-state index in [0.29, 0.717) is 32.1 Å². The van der Waals surface area contributed by atoms with E-state index in [4.69, 9.17) is 44.3 Å². The molecule has 156 valence electrons. The second-order valence-electron chi connectivity index (χ2n) is 6.64. The zero-order chi connectivity index (χ0) is 21.7. The van der Waals surface area contributed by atoms with Crippen LogP contribution in [0, 0.1) is 6.92 Å². The van der Waals surface area contributed by atoms with Gasteiger partial charge in [0.15, 0.2) is 0 Å². The number of ether oxygens (including phenoxy) is 2. The quantitative estimate of drug-likeness (QED) is 0.436. The van der Waals surface area contributed by atoms with Crippen LogP contribution >= 0.6 is 34.8 Å². The number of hydrogen-bond acceptors (Lipinski definition) is 3. The molecule has 0 unspecified atom stereocenters. The standard InChI is InChI=1S/C23H20Cl3NO3/c1-14-9-19(6-7-20(14)25)30-13-17-10-15(4-8-22(17)29-2)23(28)27-12-16-3-5-18(24)11-21(16)26/h3-11H,12-13H2,1-2H3,(H,27,28). The SMILES string of the molecule is COc1ccc(C(=O)NCc2ccc(Cl)cc2Cl)cc1COc1ccc(Cl)c(C)c1. The third kappa shape index (κ3) is 5.60. The minimum absolute atomic E-state index is 0.229. The molecular formula is C23H20Cl3NO3. The van der Waals surface area contributed by atoms with Crippen molar-refractivity contribution in [3.63, 3.8) is 0 Å². The van der Waals surface area contributed by atoms with E-state index in [9.17, 15) is 4.79 Å². The Labute approximate surface area is 190 Å². The summed E-state index contributed by atoms with van der Waals surface area (Å²) in [4.78, 5) is 12.6. The fraction of sp³-hybridized carbons (Fsp3) is 0.174. The predicted octanol–water partition coefficient (Wildman–Crippen LogP) is 6.47. The molecule has 3 aromatic rings. The molecule has 0 aromatic heterocycles. The smallest absolute Gasteiger partial charge is 0.251 e. The monoisotopic (exact) mass is 463 g/mol. The zero-order valence-electron chi connectivity index (χ0n) is 16.5. The van der Waals surface area contributed by atoms with E-state index in [1.807, 2.05) is 13.0 Å². The molecule has 0 fully saturated rings.